The largest absolute Gasteiger partial charge is 0.508 e. The number of hydrogen-bond donors (Lipinski definition) is 1. The number of rotatable bonds is 20. The van der Waals surface area contributed by atoms with Gasteiger partial charge in [0.2, 0.25) is 0 Å². The summed E-state index contributed by atoms with van der Waals surface area (Å²) < 4.78 is 49.7. The van der Waals surface area contributed by atoms with E-state index in [9.17, 15) is 33.9 Å². The Morgan fingerprint density at radius 1 is 0.416 bits per heavy atom. The van der Waals surface area contributed by atoms with Gasteiger partial charge in [0.25, 0.3) is 0 Å². The summed E-state index contributed by atoms with van der Waals surface area (Å²) in [5.41, 5.74) is 5.07. The highest BCUT2D eigenvalue weighted by molar-refractivity contribution is 6.14. The molecule has 2 unspecified atom stereocenters. The summed E-state index contributed by atoms with van der Waals surface area (Å²) in [7, 11) is 6.47. The first-order valence-electron chi connectivity index (χ1n) is 38.5. The quantitative estimate of drug-likeness (QED) is 0.0548. The van der Waals surface area contributed by atoms with Gasteiger partial charge in [-0.15, -0.1) is 24.8 Å². The Labute approximate surface area is 665 Å². The van der Waals surface area contributed by atoms with Crippen LogP contribution in [-0.4, -0.2) is 243 Å². The molecule has 26 nitrogen and oxygen atoms in total. The van der Waals surface area contributed by atoms with Crippen molar-refractivity contribution >= 4 is 147 Å². The van der Waals surface area contributed by atoms with E-state index in [0.717, 1.165) is 180 Å². The fourth-order valence-electron chi connectivity index (χ4n) is 15.3. The summed E-state index contributed by atoms with van der Waals surface area (Å²) in [4.78, 5) is 86.0. The lowest BCUT2D eigenvalue weighted by Gasteiger charge is -2.32. The number of aromatic hydroxyl groups is 1. The van der Waals surface area contributed by atoms with Crippen molar-refractivity contribution in [2.75, 3.05) is 152 Å². The van der Waals surface area contributed by atoms with E-state index >= 15 is 0 Å². The summed E-state index contributed by atoms with van der Waals surface area (Å²) in [6, 6.07) is 38.3. The molecule has 17 rings (SSSR count). The van der Waals surface area contributed by atoms with Gasteiger partial charge in [-0.25, -0.2) is 0 Å². The predicted octanol–water partition coefficient (Wildman–Crippen LogP) is 12.4. The van der Waals surface area contributed by atoms with Crippen LogP contribution in [0.25, 0.3) is 87.0 Å². The number of carbonyl (C=O) groups excluding carboxylic acids is 6. The first kappa shape index (κ1) is 82.3. The molecule has 5 fully saturated rings. The number of phenols is 1. The molecule has 12 aromatic rings. The molecule has 28 heteroatoms. The fraction of sp³-hybridized carbons (Fsp3) is 0.412. The number of ketones is 4. The van der Waals surface area contributed by atoms with Crippen LogP contribution in [0.1, 0.15) is 87.0 Å². The molecule has 0 radical (unpaired) electrons. The maximum atomic E-state index is 12.5. The van der Waals surface area contributed by atoms with Gasteiger partial charge in [-0.1, -0.05) is 44.9 Å². The number of nitrogens with zero attached hydrogens (tertiary/aromatic N) is 10. The van der Waals surface area contributed by atoms with Crippen molar-refractivity contribution in [3.05, 3.63) is 144 Å². The molecule has 4 aromatic heterocycles. The molecule has 5 aliphatic rings. The molecule has 2 atom stereocenters. The molecule has 2 aliphatic carbocycles. The molecule has 3 saturated heterocycles. The van der Waals surface area contributed by atoms with Gasteiger partial charge in [-0.3, -0.25) is 43.5 Å². The zero-order chi connectivity index (χ0) is 77.1. The van der Waals surface area contributed by atoms with Crippen molar-refractivity contribution in [2.24, 2.45) is 0 Å². The van der Waals surface area contributed by atoms with E-state index < -0.39 is 0 Å². The van der Waals surface area contributed by atoms with Crippen molar-refractivity contribution in [3.8, 4) is 23.0 Å². The van der Waals surface area contributed by atoms with Crippen LogP contribution in [0.5, 0.6) is 23.0 Å². The first-order valence-corrected chi connectivity index (χ1v) is 38.5. The maximum absolute atomic E-state index is 12.5. The summed E-state index contributed by atoms with van der Waals surface area (Å²) >= 11 is 0. The average Bonchev–Trinajstić information content (AvgIpc) is 1.67. The third-order valence-corrected chi connectivity index (χ3v) is 21.6. The molecule has 596 valence electrons. The van der Waals surface area contributed by atoms with E-state index in [1.54, 1.807) is 38.1 Å². The van der Waals surface area contributed by atoms with E-state index in [1.807, 2.05) is 97.1 Å². The van der Waals surface area contributed by atoms with Crippen molar-refractivity contribution in [1.29, 1.82) is 0 Å². The Hall–Kier alpha value is -10.2. The van der Waals surface area contributed by atoms with Crippen molar-refractivity contribution < 1.29 is 75.7 Å². The number of Topliss-reactive ketones (excluding diaryl/α,β-unsaturated/α-hetero) is 4. The van der Waals surface area contributed by atoms with Crippen LogP contribution in [0.2, 0.25) is 0 Å². The molecule has 1 N–H and O–H groups in total. The lowest BCUT2D eigenvalue weighted by molar-refractivity contribution is -0.143. The van der Waals surface area contributed by atoms with Crippen molar-refractivity contribution in [1.82, 2.24) is 50.0 Å². The molecule has 8 aromatic carbocycles. The SMILES string of the molecule is CCOC(=O)Cc1noc2ccc3cc(O)ccc3c12.CCOC(=O)Cc1noc2ccc3cc(OCCN4CCN(C)CC4)ccc3c12.CN1CCN(CCOc2ccc3c(ccc4onc(C5CCC(=O)CC5=O)c43)c2)CC1.CN1CCN(CCOc2ccc3c(ccc4onc(C5CCC(=O)CC5=O)c43)c2)CC1.Cl.Cl. The monoisotopic (exact) mass is 1580 g/mol. The number of fused-ring (bicyclic) bond motifs is 12. The van der Waals surface area contributed by atoms with Gasteiger partial charge >= 0.3 is 11.9 Å². The molecule has 0 spiro atoms. The van der Waals surface area contributed by atoms with Crippen LogP contribution >= 0.6 is 24.8 Å². The van der Waals surface area contributed by atoms with Gasteiger partial charge in [0.15, 0.2) is 22.3 Å². The Balaban J connectivity index is 0.000000140. The summed E-state index contributed by atoms with van der Waals surface area (Å²) in [6.45, 7) is 22.1. The Morgan fingerprint density at radius 3 is 1.08 bits per heavy atom. The van der Waals surface area contributed by atoms with Gasteiger partial charge in [0, 0.05) is 111 Å². The van der Waals surface area contributed by atoms with Crippen molar-refractivity contribution in [3.63, 3.8) is 0 Å². The summed E-state index contributed by atoms with van der Waals surface area (Å²) in [5, 5.41) is 37.2. The molecule has 0 amide bonds. The van der Waals surface area contributed by atoms with E-state index in [4.69, 9.17) is 41.8 Å². The molecule has 7 heterocycles. The minimum absolute atomic E-state index is 0. The van der Waals surface area contributed by atoms with Crippen LogP contribution < -0.4 is 14.2 Å². The van der Waals surface area contributed by atoms with E-state index in [-0.39, 0.29) is 103 Å². The normalized spacial score (nSPS) is 17.7. The second kappa shape index (κ2) is 38.1. The molecular formula is C85H96Cl2N10O16. The Morgan fingerprint density at radius 2 is 0.735 bits per heavy atom. The van der Waals surface area contributed by atoms with Gasteiger partial charge in [0.1, 0.15) is 88.7 Å². The molecule has 113 heavy (non-hydrogen) atoms. The third-order valence-electron chi connectivity index (χ3n) is 21.6. The fourth-order valence-corrected chi connectivity index (χ4v) is 15.3. The topological polar surface area (TPSA) is 292 Å². The van der Waals surface area contributed by atoms with Gasteiger partial charge < -0.3 is 61.6 Å². The predicted molar refractivity (Wildman–Crippen MR) is 434 cm³/mol. The minimum atomic E-state index is -0.371. The van der Waals surface area contributed by atoms with Gasteiger partial charge in [0.05, 0.1) is 72.3 Å². The van der Waals surface area contributed by atoms with Crippen LogP contribution in [0.4, 0.5) is 0 Å². The minimum Gasteiger partial charge on any atom is -0.508 e. The van der Waals surface area contributed by atoms with Gasteiger partial charge in [-0.05, 0) is 188 Å². The van der Waals surface area contributed by atoms with Crippen LogP contribution in [-0.2, 0) is 51.1 Å². The highest BCUT2D eigenvalue weighted by Crippen LogP contribution is 2.41. The third kappa shape index (κ3) is 19.9. The zero-order valence-corrected chi connectivity index (χ0v) is 66.0. The van der Waals surface area contributed by atoms with E-state index in [1.165, 1.54) is 0 Å². The van der Waals surface area contributed by atoms with Crippen LogP contribution in [0.15, 0.2) is 139 Å². The average molecular weight is 1580 g/mol. The molecular weight excluding hydrogens is 1490 g/mol. The summed E-state index contributed by atoms with van der Waals surface area (Å²) in [6.07, 6.45) is 2.00. The lowest BCUT2D eigenvalue weighted by Crippen LogP contribution is -2.45. The number of benzene rings is 8. The lowest BCUT2D eigenvalue weighted by atomic mass is 9.83. The standard InChI is InChI=1S/2C24H27N3O4.C22H27N3O4.C15H13NO4.2ClH/c2*1-26-8-10-27(11-9-26)12-13-30-18-4-6-19-16(14-18)2-7-22-23(19)24(25-31-22)20-5-3-17(28)15-21(20)29;1-3-27-21(26)15-19-22-18-6-5-17(14-16(18)4-7-20(22)29-23-19)28-13-12-25-10-8-24(2)9-11-25;1-2-19-14(18)8-12-15-11-5-4-10(17)7-9(11)3-6-13(15)20-16-12;;/h2*2,4,6-7,14,20H,3,5,8-13,15H2,1H3;4-7,14H,3,8-13,15H2,1-2H3;3-7,17H,2,8H2,1H3;2*1H. The number of carbonyl (C=O) groups is 6. The number of esters is 2. The number of aromatic nitrogens is 4. The number of piperazine rings is 3. The van der Waals surface area contributed by atoms with E-state index in [2.05, 4.69) is 71.2 Å². The number of phenolic OH excluding ortho intramolecular Hbond substituents is 1. The maximum Gasteiger partial charge on any atom is 0.312 e. The Bertz CT molecular complexity index is 5190. The number of ether oxygens (including phenoxy) is 5. The molecule has 2 saturated carbocycles. The van der Waals surface area contributed by atoms with E-state index in [0.29, 0.717) is 104 Å². The second-order valence-corrected chi connectivity index (χ2v) is 29.2. The highest BCUT2D eigenvalue weighted by Gasteiger charge is 2.35. The zero-order valence-electron chi connectivity index (χ0n) is 64.4. The molecule has 0 bridgehead atoms. The number of likely N-dealkylation sites (N-methyl/N-ethyl adjacent to an activating group) is 3. The van der Waals surface area contributed by atoms with Crippen LogP contribution in [0, 0.1) is 0 Å². The van der Waals surface area contributed by atoms with Gasteiger partial charge in [-0.2, -0.15) is 0 Å². The second-order valence-electron chi connectivity index (χ2n) is 29.2. The van der Waals surface area contributed by atoms with Crippen LogP contribution in [0.3, 0.4) is 0 Å². The summed E-state index contributed by atoms with van der Waals surface area (Å²) in [5.74, 6) is 1.22. The Kier molecular flexibility index (Phi) is 27.8. The smallest absolute Gasteiger partial charge is 0.312 e. The number of halogens is 2. The number of hydrogen-bond acceptors (Lipinski definition) is 26. The van der Waals surface area contributed by atoms with Crippen molar-refractivity contribution in [2.45, 2.75) is 77.0 Å². The molecule has 3 aliphatic heterocycles. The first-order chi connectivity index (χ1) is 54.0. The highest BCUT2D eigenvalue weighted by atomic mass is 35.5.